The zero-order valence-electron chi connectivity index (χ0n) is 14.7. The third-order valence-electron chi connectivity index (χ3n) is 3.83. The van der Waals surface area contributed by atoms with E-state index in [1.807, 2.05) is 0 Å². The molecule has 2 aromatic carbocycles. The molecule has 0 spiro atoms. The van der Waals surface area contributed by atoms with Crippen LogP contribution in [0.15, 0.2) is 60.9 Å². The molecule has 0 unspecified atom stereocenters. The molecule has 0 saturated carbocycles. The van der Waals surface area contributed by atoms with Gasteiger partial charge in [-0.2, -0.15) is 18.4 Å². The fourth-order valence-electron chi connectivity index (χ4n) is 2.49. The topological polar surface area (TPSA) is 67.0 Å². The number of hydrogen-bond donors (Lipinski definition) is 1. The van der Waals surface area contributed by atoms with Crippen molar-refractivity contribution in [1.29, 1.82) is 5.26 Å². The normalized spacial score (nSPS) is 11.0. The highest BCUT2D eigenvalue weighted by molar-refractivity contribution is 6.04. The van der Waals surface area contributed by atoms with Crippen LogP contribution < -0.4 is 10.1 Å². The summed E-state index contributed by atoms with van der Waals surface area (Å²) in [5, 5.41) is 11.7. The first-order chi connectivity index (χ1) is 13.7. The minimum absolute atomic E-state index is 0.143. The highest BCUT2D eigenvalue weighted by Gasteiger charge is 2.28. The number of rotatable bonds is 5. The molecule has 5 nitrogen and oxygen atoms in total. The number of benzene rings is 2. The maximum atomic E-state index is 13.0. The lowest BCUT2D eigenvalue weighted by atomic mass is 10.2. The molecule has 1 N–H and O–H groups in total. The Bertz CT molecular complexity index is 1070. The van der Waals surface area contributed by atoms with Crippen LogP contribution in [0.4, 0.5) is 23.2 Å². The third kappa shape index (κ3) is 5.13. The van der Waals surface area contributed by atoms with Gasteiger partial charge in [-0.25, -0.2) is 4.39 Å². The average molecular weight is 403 g/mol. The van der Waals surface area contributed by atoms with Crippen LogP contribution in [0.3, 0.4) is 0 Å². The van der Waals surface area contributed by atoms with Crippen molar-refractivity contribution in [3.05, 3.63) is 77.9 Å². The van der Waals surface area contributed by atoms with Crippen LogP contribution in [0.25, 0.3) is 5.69 Å². The van der Waals surface area contributed by atoms with E-state index in [0.717, 1.165) is 0 Å². The molecule has 0 atom stereocenters. The SMILES string of the molecule is N#Cc1cc(NC(=O)c2ccn(-c3ccc(F)cc3)c2)ccc1OCC(F)(F)F. The fraction of sp³-hybridized carbons (Fsp3) is 0.100. The van der Waals surface area contributed by atoms with Gasteiger partial charge in [-0.05, 0) is 48.5 Å². The predicted molar refractivity (Wildman–Crippen MR) is 96.4 cm³/mol. The lowest BCUT2D eigenvalue weighted by Crippen LogP contribution is -2.19. The Kier molecular flexibility index (Phi) is 5.54. The van der Waals surface area contributed by atoms with Crippen molar-refractivity contribution >= 4 is 11.6 Å². The van der Waals surface area contributed by atoms with Gasteiger partial charge < -0.3 is 14.6 Å². The summed E-state index contributed by atoms with van der Waals surface area (Å²) < 4.78 is 56.1. The van der Waals surface area contributed by atoms with Crippen molar-refractivity contribution in [3.8, 4) is 17.5 Å². The molecule has 0 aliphatic carbocycles. The molecule has 0 bridgehead atoms. The average Bonchev–Trinajstić information content (AvgIpc) is 3.17. The molecule has 9 heteroatoms. The predicted octanol–water partition coefficient (Wildman–Crippen LogP) is 4.68. The van der Waals surface area contributed by atoms with Gasteiger partial charge in [0.25, 0.3) is 5.91 Å². The Morgan fingerprint density at radius 2 is 1.86 bits per heavy atom. The van der Waals surface area contributed by atoms with Gasteiger partial charge in [-0.1, -0.05) is 0 Å². The second-order valence-corrected chi connectivity index (χ2v) is 5.96. The minimum atomic E-state index is -4.53. The lowest BCUT2D eigenvalue weighted by Gasteiger charge is -2.11. The summed E-state index contributed by atoms with van der Waals surface area (Å²) in [6.45, 7) is -1.52. The monoisotopic (exact) mass is 403 g/mol. The molecule has 0 radical (unpaired) electrons. The van der Waals surface area contributed by atoms with Crippen LogP contribution in [0, 0.1) is 17.1 Å². The number of anilines is 1. The summed E-state index contributed by atoms with van der Waals surface area (Å²) in [4.78, 5) is 12.4. The van der Waals surface area contributed by atoms with Crippen LogP contribution in [-0.4, -0.2) is 23.3 Å². The van der Waals surface area contributed by atoms with Gasteiger partial charge in [0.1, 0.15) is 17.6 Å². The van der Waals surface area contributed by atoms with Gasteiger partial charge in [0.2, 0.25) is 0 Å². The third-order valence-corrected chi connectivity index (χ3v) is 3.83. The van der Waals surface area contributed by atoms with Gasteiger partial charge in [-0.15, -0.1) is 0 Å². The molecule has 1 amide bonds. The largest absolute Gasteiger partial charge is 0.483 e. The number of carbonyl (C=O) groups excluding carboxylic acids is 1. The van der Waals surface area contributed by atoms with E-state index in [-0.39, 0.29) is 22.8 Å². The van der Waals surface area contributed by atoms with Crippen LogP contribution in [0.1, 0.15) is 15.9 Å². The molecule has 0 aliphatic heterocycles. The molecule has 148 valence electrons. The summed E-state index contributed by atoms with van der Waals surface area (Å²) in [7, 11) is 0. The van der Waals surface area contributed by atoms with Crippen molar-refractivity contribution in [1.82, 2.24) is 4.57 Å². The fourth-order valence-corrected chi connectivity index (χ4v) is 2.49. The van der Waals surface area contributed by atoms with Crippen molar-refractivity contribution < 1.29 is 27.1 Å². The van der Waals surface area contributed by atoms with Crippen molar-refractivity contribution in [2.45, 2.75) is 6.18 Å². The second-order valence-electron chi connectivity index (χ2n) is 5.96. The Labute approximate surface area is 162 Å². The van der Waals surface area contributed by atoms with Crippen molar-refractivity contribution in [3.63, 3.8) is 0 Å². The summed E-state index contributed by atoms with van der Waals surface area (Å²) >= 11 is 0. The molecule has 1 heterocycles. The zero-order chi connectivity index (χ0) is 21.0. The summed E-state index contributed by atoms with van der Waals surface area (Å²) in [6, 6.07) is 12.7. The first kappa shape index (κ1) is 19.9. The number of nitriles is 1. The van der Waals surface area contributed by atoms with Crippen molar-refractivity contribution in [2.75, 3.05) is 11.9 Å². The van der Waals surface area contributed by atoms with Crippen LogP contribution in [0.2, 0.25) is 0 Å². The van der Waals surface area contributed by atoms with E-state index < -0.39 is 18.7 Å². The van der Waals surface area contributed by atoms with E-state index in [0.29, 0.717) is 11.3 Å². The standard InChI is InChI=1S/C20H13F4N3O2/c21-15-1-4-17(5-2-15)27-8-7-13(11-27)19(28)26-16-3-6-18(14(9-16)10-25)29-12-20(22,23)24/h1-9,11H,12H2,(H,26,28). The Hall–Kier alpha value is -3.80. The van der Waals surface area contributed by atoms with E-state index >= 15 is 0 Å². The number of nitrogens with zero attached hydrogens (tertiary/aromatic N) is 2. The molecule has 0 fully saturated rings. The number of hydrogen-bond acceptors (Lipinski definition) is 3. The molecule has 3 rings (SSSR count). The first-order valence-corrected chi connectivity index (χ1v) is 8.24. The number of amides is 1. The summed E-state index contributed by atoms with van der Waals surface area (Å²) in [6.07, 6.45) is -1.37. The highest BCUT2D eigenvalue weighted by Crippen LogP contribution is 2.25. The van der Waals surface area contributed by atoms with E-state index in [1.165, 1.54) is 36.5 Å². The number of carbonyl (C=O) groups is 1. The Morgan fingerprint density at radius 3 is 2.52 bits per heavy atom. The second kappa shape index (κ2) is 8.06. The molecule has 3 aromatic rings. The van der Waals surface area contributed by atoms with E-state index in [2.05, 4.69) is 10.1 Å². The summed E-state index contributed by atoms with van der Waals surface area (Å²) in [5.74, 6) is -1.10. The first-order valence-electron chi connectivity index (χ1n) is 8.24. The Balaban J connectivity index is 1.72. The molecular formula is C20H13F4N3O2. The number of alkyl halides is 3. The molecule has 0 aliphatic rings. The maximum absolute atomic E-state index is 13.0. The van der Waals surface area contributed by atoms with E-state index in [9.17, 15) is 22.4 Å². The van der Waals surface area contributed by atoms with Gasteiger partial charge in [-0.3, -0.25) is 4.79 Å². The zero-order valence-corrected chi connectivity index (χ0v) is 14.7. The number of halogens is 4. The summed E-state index contributed by atoms with van der Waals surface area (Å²) in [5.41, 5.74) is 1.03. The molecule has 1 aromatic heterocycles. The number of aromatic nitrogens is 1. The molecule has 29 heavy (non-hydrogen) atoms. The van der Waals surface area contributed by atoms with Gasteiger partial charge >= 0.3 is 6.18 Å². The Morgan fingerprint density at radius 1 is 1.14 bits per heavy atom. The highest BCUT2D eigenvalue weighted by atomic mass is 19.4. The van der Waals surface area contributed by atoms with Crippen LogP contribution in [-0.2, 0) is 0 Å². The smallest absolute Gasteiger partial charge is 0.422 e. The van der Waals surface area contributed by atoms with Crippen molar-refractivity contribution in [2.24, 2.45) is 0 Å². The quantitative estimate of drug-likeness (QED) is 0.629. The van der Waals surface area contributed by atoms with Gasteiger partial charge in [0.05, 0.1) is 11.1 Å². The minimum Gasteiger partial charge on any atom is -0.483 e. The number of ether oxygens (including phenoxy) is 1. The van der Waals surface area contributed by atoms with Gasteiger partial charge in [0.15, 0.2) is 6.61 Å². The maximum Gasteiger partial charge on any atom is 0.422 e. The van der Waals surface area contributed by atoms with Gasteiger partial charge in [0, 0.05) is 23.8 Å². The lowest BCUT2D eigenvalue weighted by molar-refractivity contribution is -0.153. The van der Waals surface area contributed by atoms with E-state index in [1.54, 1.807) is 35.0 Å². The van der Waals surface area contributed by atoms with E-state index in [4.69, 9.17) is 5.26 Å². The van der Waals surface area contributed by atoms with Crippen LogP contribution >= 0.6 is 0 Å². The van der Waals surface area contributed by atoms with Crippen LogP contribution in [0.5, 0.6) is 5.75 Å². The number of nitrogens with one attached hydrogen (secondary N) is 1. The molecular weight excluding hydrogens is 390 g/mol. The molecule has 0 saturated heterocycles.